The molecule has 0 saturated heterocycles. The van der Waals surface area contributed by atoms with Crippen LogP contribution in [0.2, 0.25) is 0 Å². The molecule has 1 atom stereocenters. The molecule has 0 saturated carbocycles. The molecule has 3 heteroatoms. The lowest BCUT2D eigenvalue weighted by Gasteiger charge is -2.12. The maximum atomic E-state index is 6.54. The molecule has 0 spiro atoms. The Hall–Kier alpha value is -0.310. The molecule has 1 heterocycles. The molecule has 0 aliphatic heterocycles. The van der Waals surface area contributed by atoms with E-state index in [0.29, 0.717) is 0 Å². The Morgan fingerprint density at radius 2 is 1.88 bits per heavy atom. The molecule has 0 aliphatic carbocycles. The summed E-state index contributed by atoms with van der Waals surface area (Å²) in [6.07, 6.45) is 0. The summed E-state index contributed by atoms with van der Waals surface area (Å²) in [7, 11) is 0. The van der Waals surface area contributed by atoms with E-state index in [1.165, 1.54) is 21.6 Å². The molecule has 0 amide bonds. The minimum Gasteiger partial charge on any atom is -0.133 e. The molecule has 0 aliphatic rings. The topological polar surface area (TPSA) is 0 Å². The zero-order chi connectivity index (χ0) is 11.7. The first-order chi connectivity index (χ1) is 7.59. The van der Waals surface area contributed by atoms with Gasteiger partial charge in [0, 0.05) is 4.88 Å². The molecule has 1 aromatic heterocycles. The van der Waals surface area contributed by atoms with Gasteiger partial charge in [-0.3, -0.25) is 0 Å². The summed E-state index contributed by atoms with van der Waals surface area (Å²) in [5, 5.41) is -0.0521. The van der Waals surface area contributed by atoms with Gasteiger partial charge in [-0.2, -0.15) is 0 Å². The molecule has 1 unspecified atom stereocenters. The fourth-order valence-electron chi connectivity index (χ4n) is 1.75. The first-order valence-corrected chi connectivity index (χ1v) is 7.09. The Morgan fingerprint density at radius 3 is 2.44 bits per heavy atom. The maximum absolute atomic E-state index is 6.54. The van der Waals surface area contributed by atoms with Crippen molar-refractivity contribution in [2.24, 2.45) is 0 Å². The van der Waals surface area contributed by atoms with Gasteiger partial charge in [-0.25, -0.2) is 0 Å². The highest BCUT2D eigenvalue weighted by molar-refractivity contribution is 9.11. The number of aryl methyl sites for hydroxylation is 2. The van der Waals surface area contributed by atoms with Crippen molar-refractivity contribution in [2.75, 3.05) is 0 Å². The second kappa shape index (κ2) is 4.91. The van der Waals surface area contributed by atoms with Gasteiger partial charge < -0.3 is 0 Å². The van der Waals surface area contributed by atoms with Gasteiger partial charge in [0.25, 0.3) is 0 Å². The lowest BCUT2D eigenvalue weighted by Crippen LogP contribution is -1.95. The van der Waals surface area contributed by atoms with Crippen molar-refractivity contribution in [1.29, 1.82) is 0 Å². The third kappa shape index (κ3) is 2.34. The van der Waals surface area contributed by atoms with Gasteiger partial charge in [0.2, 0.25) is 0 Å². The van der Waals surface area contributed by atoms with Crippen LogP contribution in [-0.2, 0) is 0 Å². The number of hydrogen-bond donors (Lipinski definition) is 0. The SMILES string of the molecule is Cc1ccccc1C(Cl)c1cc(Br)sc1C. The highest BCUT2D eigenvalue weighted by atomic mass is 79.9. The molecule has 0 fully saturated rings. The van der Waals surface area contributed by atoms with Gasteiger partial charge in [0.15, 0.2) is 0 Å². The number of alkyl halides is 1. The smallest absolute Gasteiger partial charge is 0.0849 e. The largest absolute Gasteiger partial charge is 0.133 e. The lowest BCUT2D eigenvalue weighted by molar-refractivity contribution is 1.11. The predicted octanol–water partition coefficient (Wildman–Crippen LogP) is 5.46. The summed E-state index contributed by atoms with van der Waals surface area (Å²) in [4.78, 5) is 1.27. The van der Waals surface area contributed by atoms with Crippen molar-refractivity contribution in [3.05, 3.63) is 55.7 Å². The average molecular weight is 316 g/mol. The second-order valence-corrected chi connectivity index (χ2v) is 6.85. The Bertz CT molecular complexity index is 504. The maximum Gasteiger partial charge on any atom is 0.0849 e. The number of halogens is 2. The summed E-state index contributed by atoms with van der Waals surface area (Å²) >= 11 is 11.8. The van der Waals surface area contributed by atoms with Crippen LogP contribution in [0.1, 0.15) is 26.9 Å². The third-order valence-corrected chi connectivity index (χ3v) is 4.70. The van der Waals surface area contributed by atoms with Crippen LogP contribution in [0.15, 0.2) is 34.1 Å². The van der Waals surface area contributed by atoms with E-state index in [2.05, 4.69) is 48.0 Å². The van der Waals surface area contributed by atoms with E-state index >= 15 is 0 Å². The molecule has 0 radical (unpaired) electrons. The van der Waals surface area contributed by atoms with Gasteiger partial charge in [0.05, 0.1) is 9.16 Å². The van der Waals surface area contributed by atoms with Gasteiger partial charge in [-0.15, -0.1) is 22.9 Å². The molecular formula is C13H12BrClS. The van der Waals surface area contributed by atoms with Crippen molar-refractivity contribution in [3.63, 3.8) is 0 Å². The van der Waals surface area contributed by atoms with Crippen LogP contribution in [0.4, 0.5) is 0 Å². The van der Waals surface area contributed by atoms with E-state index < -0.39 is 0 Å². The summed E-state index contributed by atoms with van der Waals surface area (Å²) < 4.78 is 1.14. The van der Waals surface area contributed by atoms with Crippen molar-refractivity contribution in [3.8, 4) is 0 Å². The fraction of sp³-hybridized carbons (Fsp3) is 0.231. The first-order valence-electron chi connectivity index (χ1n) is 5.05. The molecule has 0 nitrogen and oxygen atoms in total. The van der Waals surface area contributed by atoms with E-state index in [1.54, 1.807) is 11.3 Å². The number of rotatable bonds is 2. The van der Waals surface area contributed by atoms with E-state index in [4.69, 9.17) is 11.6 Å². The molecule has 2 aromatic rings. The molecule has 1 aromatic carbocycles. The standard InChI is InChI=1S/C13H12BrClS/c1-8-5-3-4-6-10(8)13(15)11-7-12(14)16-9(11)2/h3-7,13H,1-2H3. The lowest BCUT2D eigenvalue weighted by atomic mass is 10.0. The highest BCUT2D eigenvalue weighted by Gasteiger charge is 2.16. The zero-order valence-electron chi connectivity index (χ0n) is 9.13. The number of thiophene rings is 1. The van der Waals surface area contributed by atoms with Crippen molar-refractivity contribution < 1.29 is 0 Å². The van der Waals surface area contributed by atoms with Gasteiger partial charge >= 0.3 is 0 Å². The first kappa shape index (κ1) is 12.2. The highest BCUT2D eigenvalue weighted by Crippen LogP contribution is 2.38. The summed E-state index contributed by atoms with van der Waals surface area (Å²) in [6, 6.07) is 10.4. The van der Waals surface area contributed by atoms with Crippen LogP contribution in [0.3, 0.4) is 0 Å². The van der Waals surface area contributed by atoms with E-state index in [1.807, 2.05) is 12.1 Å². The fourth-order valence-corrected chi connectivity index (χ4v) is 4.03. The second-order valence-electron chi connectivity index (χ2n) is 3.78. The average Bonchev–Trinajstić information content (AvgIpc) is 2.58. The Morgan fingerprint density at radius 1 is 1.19 bits per heavy atom. The van der Waals surface area contributed by atoms with Crippen LogP contribution in [0, 0.1) is 13.8 Å². The summed E-state index contributed by atoms with van der Waals surface area (Å²) in [6.45, 7) is 4.21. The van der Waals surface area contributed by atoms with E-state index in [9.17, 15) is 0 Å². The molecule has 0 bridgehead atoms. The van der Waals surface area contributed by atoms with Crippen LogP contribution < -0.4 is 0 Å². The summed E-state index contributed by atoms with van der Waals surface area (Å²) in [5.74, 6) is 0. The monoisotopic (exact) mass is 314 g/mol. The van der Waals surface area contributed by atoms with Gasteiger partial charge in [-0.05, 0) is 52.5 Å². The summed E-state index contributed by atoms with van der Waals surface area (Å²) in [5.41, 5.74) is 3.63. The quantitative estimate of drug-likeness (QED) is 0.646. The minimum absolute atomic E-state index is 0.0521. The predicted molar refractivity (Wildman–Crippen MR) is 75.6 cm³/mol. The van der Waals surface area contributed by atoms with Gasteiger partial charge in [0.1, 0.15) is 0 Å². The number of hydrogen-bond acceptors (Lipinski definition) is 1. The molecule has 84 valence electrons. The van der Waals surface area contributed by atoms with Crippen LogP contribution in [-0.4, -0.2) is 0 Å². The Labute approximate surface area is 113 Å². The van der Waals surface area contributed by atoms with E-state index in [-0.39, 0.29) is 5.38 Å². The normalized spacial score (nSPS) is 12.8. The van der Waals surface area contributed by atoms with E-state index in [0.717, 1.165) is 3.79 Å². The van der Waals surface area contributed by atoms with Gasteiger partial charge in [-0.1, -0.05) is 24.3 Å². The zero-order valence-corrected chi connectivity index (χ0v) is 12.3. The van der Waals surface area contributed by atoms with Crippen LogP contribution >= 0.6 is 38.9 Å². The van der Waals surface area contributed by atoms with Crippen LogP contribution in [0.25, 0.3) is 0 Å². The van der Waals surface area contributed by atoms with Crippen molar-refractivity contribution in [1.82, 2.24) is 0 Å². The molecular weight excluding hydrogens is 304 g/mol. The Kier molecular flexibility index (Phi) is 3.73. The van der Waals surface area contributed by atoms with Crippen molar-refractivity contribution >= 4 is 38.9 Å². The van der Waals surface area contributed by atoms with Crippen LogP contribution in [0.5, 0.6) is 0 Å². The third-order valence-electron chi connectivity index (χ3n) is 2.66. The number of benzene rings is 1. The minimum atomic E-state index is -0.0521. The molecule has 2 rings (SSSR count). The van der Waals surface area contributed by atoms with Crippen molar-refractivity contribution in [2.45, 2.75) is 19.2 Å². The Balaban J connectivity index is 2.43. The molecule has 16 heavy (non-hydrogen) atoms. The molecule has 0 N–H and O–H groups in total.